The Morgan fingerprint density at radius 2 is 2.09 bits per heavy atom. The second-order valence-corrected chi connectivity index (χ2v) is 5.55. The molecule has 0 aliphatic heterocycles. The molecule has 114 valence electrons. The molecular formula is C15H13ClFN3O2. The molecule has 22 heavy (non-hydrogen) atoms. The zero-order valence-electron chi connectivity index (χ0n) is 11.5. The maximum absolute atomic E-state index is 13.1. The second-order valence-electron chi connectivity index (χ2n) is 5.19. The maximum atomic E-state index is 13.1. The Balaban J connectivity index is 1.73. The predicted octanol–water partition coefficient (Wildman–Crippen LogP) is 2.04. The van der Waals surface area contributed by atoms with Crippen LogP contribution in [0.1, 0.15) is 23.2 Å². The van der Waals surface area contributed by atoms with Crippen molar-refractivity contribution in [1.82, 2.24) is 15.6 Å². The van der Waals surface area contributed by atoms with E-state index in [0.29, 0.717) is 10.9 Å². The summed E-state index contributed by atoms with van der Waals surface area (Å²) in [5, 5.41) is 5.83. The minimum atomic E-state index is -0.491. The van der Waals surface area contributed by atoms with Crippen LogP contribution in [0, 0.1) is 5.82 Å². The predicted molar refractivity (Wildman–Crippen MR) is 80.2 cm³/mol. The zero-order valence-corrected chi connectivity index (χ0v) is 12.3. The molecule has 2 aromatic rings. The molecular weight excluding hydrogens is 309 g/mol. The highest BCUT2D eigenvalue weighted by Crippen LogP contribution is 2.21. The first-order valence-corrected chi connectivity index (χ1v) is 7.24. The van der Waals surface area contributed by atoms with Gasteiger partial charge < -0.3 is 10.6 Å². The van der Waals surface area contributed by atoms with E-state index >= 15 is 0 Å². The molecule has 2 amide bonds. The summed E-state index contributed by atoms with van der Waals surface area (Å²) in [6.07, 6.45) is 1.97. The number of aromatic nitrogens is 1. The first-order valence-electron chi connectivity index (χ1n) is 6.86. The van der Waals surface area contributed by atoms with Crippen LogP contribution in [0.4, 0.5) is 4.39 Å². The fraction of sp³-hybridized carbons (Fsp3) is 0.267. The van der Waals surface area contributed by atoms with E-state index in [4.69, 9.17) is 11.6 Å². The normalized spacial score (nSPS) is 13.9. The van der Waals surface area contributed by atoms with Gasteiger partial charge in [0.15, 0.2) is 0 Å². The van der Waals surface area contributed by atoms with Crippen molar-refractivity contribution < 1.29 is 14.0 Å². The third-order valence-corrected chi connectivity index (χ3v) is 3.62. The van der Waals surface area contributed by atoms with E-state index in [2.05, 4.69) is 15.6 Å². The molecule has 2 N–H and O–H groups in total. The van der Waals surface area contributed by atoms with Crippen molar-refractivity contribution in [2.45, 2.75) is 18.9 Å². The number of benzene rings is 1. The van der Waals surface area contributed by atoms with E-state index in [-0.39, 0.29) is 29.2 Å². The van der Waals surface area contributed by atoms with Gasteiger partial charge in [0.25, 0.3) is 5.91 Å². The molecule has 1 aliphatic rings. The van der Waals surface area contributed by atoms with Gasteiger partial charge in [0.05, 0.1) is 17.6 Å². The van der Waals surface area contributed by atoms with Gasteiger partial charge in [-0.3, -0.25) is 9.59 Å². The van der Waals surface area contributed by atoms with Crippen LogP contribution in [0.15, 0.2) is 24.3 Å². The Bertz CT molecular complexity index is 762. The second kappa shape index (κ2) is 5.88. The van der Waals surface area contributed by atoms with Crippen LogP contribution >= 0.6 is 11.6 Å². The lowest BCUT2D eigenvalue weighted by Gasteiger charge is -2.08. The number of pyridine rings is 1. The minimum Gasteiger partial charge on any atom is -0.352 e. The zero-order chi connectivity index (χ0) is 15.7. The summed E-state index contributed by atoms with van der Waals surface area (Å²) in [7, 11) is 0. The molecule has 1 aromatic carbocycles. The van der Waals surface area contributed by atoms with Crippen molar-refractivity contribution in [1.29, 1.82) is 0 Å². The third kappa shape index (κ3) is 3.33. The lowest BCUT2D eigenvalue weighted by molar-refractivity contribution is -0.120. The molecule has 1 heterocycles. The van der Waals surface area contributed by atoms with E-state index in [1.807, 2.05) is 0 Å². The molecule has 7 heteroatoms. The standard InChI is InChI=1S/C15H13ClFN3O2/c16-14-11(5-8-1-2-9(17)6-12(8)20-14)15(22)18-7-13(21)19-10-3-4-10/h1-2,5-6,10H,3-4,7H2,(H,18,22)(H,19,21). The number of carbonyl (C=O) groups is 2. The molecule has 0 atom stereocenters. The molecule has 0 unspecified atom stereocenters. The van der Waals surface area contributed by atoms with Crippen molar-refractivity contribution in [2.24, 2.45) is 0 Å². The Kier molecular flexibility index (Phi) is 3.94. The lowest BCUT2D eigenvalue weighted by Crippen LogP contribution is -2.37. The van der Waals surface area contributed by atoms with Crippen molar-refractivity contribution in [3.8, 4) is 0 Å². The number of nitrogens with one attached hydrogen (secondary N) is 2. The van der Waals surface area contributed by atoms with Gasteiger partial charge in [-0.2, -0.15) is 0 Å². The van der Waals surface area contributed by atoms with Crippen molar-refractivity contribution >= 4 is 34.3 Å². The van der Waals surface area contributed by atoms with Crippen LogP contribution in [0.2, 0.25) is 5.15 Å². The van der Waals surface area contributed by atoms with Crippen LogP contribution in [-0.4, -0.2) is 29.4 Å². The lowest BCUT2D eigenvalue weighted by atomic mass is 10.1. The number of carbonyl (C=O) groups excluding carboxylic acids is 2. The minimum absolute atomic E-state index is 0.0294. The highest BCUT2D eigenvalue weighted by Gasteiger charge is 2.23. The van der Waals surface area contributed by atoms with Gasteiger partial charge in [0.2, 0.25) is 5.91 Å². The molecule has 5 nitrogen and oxygen atoms in total. The number of rotatable bonds is 4. The molecule has 3 rings (SSSR count). The Morgan fingerprint density at radius 1 is 1.32 bits per heavy atom. The molecule has 0 spiro atoms. The largest absolute Gasteiger partial charge is 0.352 e. The smallest absolute Gasteiger partial charge is 0.254 e. The molecule has 0 bridgehead atoms. The number of fused-ring (bicyclic) bond motifs is 1. The van der Waals surface area contributed by atoms with Crippen LogP contribution in [0.25, 0.3) is 10.9 Å². The Hall–Kier alpha value is -2.21. The van der Waals surface area contributed by atoms with Crippen molar-refractivity contribution in [3.05, 3.63) is 40.8 Å². The molecule has 1 aliphatic carbocycles. The van der Waals surface area contributed by atoms with Gasteiger partial charge in [-0.05, 0) is 31.0 Å². The van der Waals surface area contributed by atoms with E-state index in [1.54, 1.807) is 0 Å². The highest BCUT2D eigenvalue weighted by atomic mass is 35.5. The van der Waals surface area contributed by atoms with E-state index < -0.39 is 11.7 Å². The van der Waals surface area contributed by atoms with Gasteiger partial charge >= 0.3 is 0 Å². The van der Waals surface area contributed by atoms with Gasteiger partial charge in [-0.1, -0.05) is 11.6 Å². The van der Waals surface area contributed by atoms with Gasteiger partial charge in [0.1, 0.15) is 11.0 Å². The highest BCUT2D eigenvalue weighted by molar-refractivity contribution is 6.33. The Labute approximate surface area is 130 Å². The average molecular weight is 322 g/mol. The van der Waals surface area contributed by atoms with Crippen molar-refractivity contribution in [2.75, 3.05) is 6.54 Å². The Morgan fingerprint density at radius 3 is 2.82 bits per heavy atom. The van der Waals surface area contributed by atoms with E-state index in [0.717, 1.165) is 12.8 Å². The number of hydrogen-bond acceptors (Lipinski definition) is 3. The fourth-order valence-electron chi connectivity index (χ4n) is 2.04. The quantitative estimate of drug-likeness (QED) is 0.847. The van der Waals surface area contributed by atoms with Crippen LogP contribution in [-0.2, 0) is 4.79 Å². The summed E-state index contributed by atoms with van der Waals surface area (Å²) in [5.41, 5.74) is 0.521. The number of hydrogen-bond donors (Lipinski definition) is 2. The number of amides is 2. The first kappa shape index (κ1) is 14.7. The van der Waals surface area contributed by atoms with Crippen molar-refractivity contribution in [3.63, 3.8) is 0 Å². The summed E-state index contributed by atoms with van der Waals surface area (Å²) >= 11 is 5.97. The van der Waals surface area contributed by atoms with E-state index in [9.17, 15) is 14.0 Å². The van der Waals surface area contributed by atoms with Gasteiger partial charge in [-0.15, -0.1) is 0 Å². The molecule has 1 saturated carbocycles. The molecule has 0 saturated heterocycles. The van der Waals surface area contributed by atoms with Gasteiger partial charge in [-0.25, -0.2) is 9.37 Å². The molecule has 0 radical (unpaired) electrons. The van der Waals surface area contributed by atoms with E-state index in [1.165, 1.54) is 24.3 Å². The van der Waals surface area contributed by atoms with Crippen LogP contribution in [0.3, 0.4) is 0 Å². The SMILES string of the molecule is O=C(CNC(=O)c1cc2ccc(F)cc2nc1Cl)NC1CC1. The fourth-order valence-corrected chi connectivity index (χ4v) is 2.27. The first-order chi connectivity index (χ1) is 10.5. The number of nitrogens with zero attached hydrogens (tertiary/aromatic N) is 1. The summed E-state index contributed by atoms with van der Waals surface area (Å²) in [4.78, 5) is 27.6. The topological polar surface area (TPSA) is 71.1 Å². The summed E-state index contributed by atoms with van der Waals surface area (Å²) in [6, 6.07) is 5.81. The maximum Gasteiger partial charge on any atom is 0.254 e. The average Bonchev–Trinajstić information content (AvgIpc) is 3.28. The molecule has 1 fully saturated rings. The summed E-state index contributed by atoms with van der Waals surface area (Å²) in [6.45, 7) is -0.118. The molecule has 1 aromatic heterocycles. The summed E-state index contributed by atoms with van der Waals surface area (Å²) < 4.78 is 13.1. The van der Waals surface area contributed by atoms with Gasteiger partial charge in [0, 0.05) is 17.5 Å². The number of halogens is 2. The van der Waals surface area contributed by atoms with Crippen LogP contribution in [0.5, 0.6) is 0 Å². The van der Waals surface area contributed by atoms with Crippen LogP contribution < -0.4 is 10.6 Å². The third-order valence-electron chi connectivity index (χ3n) is 3.33. The monoisotopic (exact) mass is 321 g/mol. The summed E-state index contributed by atoms with van der Waals surface area (Å²) in [5.74, 6) is -1.15.